The summed E-state index contributed by atoms with van der Waals surface area (Å²) in [5.74, 6) is -0.244. The molecule has 2 fully saturated rings. The zero-order valence-corrected chi connectivity index (χ0v) is 13.3. The van der Waals surface area contributed by atoms with Gasteiger partial charge in [0.1, 0.15) is 0 Å². The Morgan fingerprint density at radius 3 is 2.77 bits per heavy atom. The first-order valence-electron chi connectivity index (χ1n) is 7.74. The van der Waals surface area contributed by atoms with Gasteiger partial charge in [0.25, 0.3) is 0 Å². The van der Waals surface area contributed by atoms with Crippen LogP contribution >= 0.6 is 11.6 Å². The summed E-state index contributed by atoms with van der Waals surface area (Å²) in [5, 5.41) is 10.1. The van der Waals surface area contributed by atoms with Crippen molar-refractivity contribution in [1.29, 1.82) is 0 Å². The van der Waals surface area contributed by atoms with E-state index in [1.54, 1.807) is 0 Å². The first-order valence-corrected chi connectivity index (χ1v) is 8.12. The molecule has 0 radical (unpaired) electrons. The molecule has 0 saturated carbocycles. The van der Waals surface area contributed by atoms with E-state index < -0.39 is 0 Å². The molecule has 2 aliphatic rings. The van der Waals surface area contributed by atoms with Crippen LogP contribution in [0.5, 0.6) is 0 Å². The molecule has 22 heavy (non-hydrogen) atoms. The van der Waals surface area contributed by atoms with Crippen molar-refractivity contribution in [3.8, 4) is 0 Å². The molecule has 1 atom stereocenters. The number of rotatable bonds is 5. The Hall–Kier alpha value is -1.14. The Bertz CT molecular complexity index is 560. The quantitative estimate of drug-likeness (QED) is 0.847. The van der Waals surface area contributed by atoms with E-state index in [9.17, 15) is 9.90 Å². The molecule has 2 saturated heterocycles. The van der Waals surface area contributed by atoms with Gasteiger partial charge < -0.3 is 10.8 Å². The predicted octanol–water partition coefficient (Wildman–Crippen LogP) is 0.966. The first-order chi connectivity index (χ1) is 10.5. The minimum Gasteiger partial charge on any atom is -0.390 e. The number of nitrogens with two attached hydrogens (primary N) is 1. The summed E-state index contributed by atoms with van der Waals surface area (Å²) in [6.45, 7) is 3.83. The maximum absolute atomic E-state index is 11.5. The summed E-state index contributed by atoms with van der Waals surface area (Å²) in [6, 6.07) is 5.74. The summed E-state index contributed by atoms with van der Waals surface area (Å²) >= 11 is 6.15. The van der Waals surface area contributed by atoms with E-state index in [0.29, 0.717) is 11.6 Å². The summed E-state index contributed by atoms with van der Waals surface area (Å²) in [6.07, 6.45) is 1.64. The molecule has 0 spiro atoms. The average Bonchev–Trinajstić information content (AvgIpc) is 2.88. The zero-order valence-electron chi connectivity index (χ0n) is 12.5. The molecule has 0 bridgehead atoms. The molecule has 0 aromatic heterocycles. The van der Waals surface area contributed by atoms with Crippen molar-refractivity contribution in [2.45, 2.75) is 38.1 Å². The second-order valence-corrected chi connectivity index (χ2v) is 6.73. The van der Waals surface area contributed by atoms with E-state index in [2.05, 4.69) is 9.80 Å². The number of hydrogen-bond donors (Lipinski definition) is 2. The van der Waals surface area contributed by atoms with Crippen LogP contribution in [0.15, 0.2) is 18.2 Å². The maximum atomic E-state index is 11.5. The lowest BCUT2D eigenvalue weighted by Gasteiger charge is -2.36. The number of benzene rings is 1. The number of aliphatic hydroxyl groups excluding tert-OH is 1. The average molecular weight is 324 g/mol. The van der Waals surface area contributed by atoms with Crippen molar-refractivity contribution in [2.75, 3.05) is 19.6 Å². The maximum Gasteiger partial charge on any atom is 0.234 e. The van der Waals surface area contributed by atoms with Crippen molar-refractivity contribution in [3.05, 3.63) is 34.3 Å². The third kappa shape index (κ3) is 3.43. The molecule has 6 heteroatoms. The number of β-amino-alcohol motifs (C(OH)–C–C–N with tert-alkyl or cyclic N) is 1. The third-order valence-corrected chi connectivity index (χ3v) is 4.80. The lowest BCUT2D eigenvalue weighted by molar-refractivity contribution is -0.122. The Labute approximate surface area is 135 Å². The molecule has 0 unspecified atom stereocenters. The van der Waals surface area contributed by atoms with Crippen LogP contribution in [0.1, 0.15) is 24.0 Å². The van der Waals surface area contributed by atoms with Crippen LogP contribution in [0, 0.1) is 0 Å². The second-order valence-electron chi connectivity index (χ2n) is 6.29. The van der Waals surface area contributed by atoms with Crippen molar-refractivity contribution < 1.29 is 9.90 Å². The molecule has 0 aliphatic carbocycles. The molecule has 3 rings (SSSR count). The van der Waals surface area contributed by atoms with Gasteiger partial charge in [-0.05, 0) is 42.6 Å². The molecular weight excluding hydrogens is 302 g/mol. The number of hydrogen-bond acceptors (Lipinski definition) is 4. The van der Waals surface area contributed by atoms with Crippen LogP contribution in [0.4, 0.5) is 0 Å². The Balaban J connectivity index is 1.74. The summed E-state index contributed by atoms with van der Waals surface area (Å²) in [5.41, 5.74) is 7.83. The Morgan fingerprint density at radius 2 is 2.09 bits per heavy atom. The number of aliphatic hydroxyl groups is 1. The zero-order chi connectivity index (χ0) is 15.7. The molecule has 2 aliphatic heterocycles. The molecule has 2 heterocycles. The molecule has 5 nitrogen and oxygen atoms in total. The highest BCUT2D eigenvalue weighted by atomic mass is 35.5. The normalized spacial score (nSPS) is 23.6. The monoisotopic (exact) mass is 323 g/mol. The van der Waals surface area contributed by atoms with Gasteiger partial charge in [-0.2, -0.15) is 0 Å². The first kappa shape index (κ1) is 15.7. The topological polar surface area (TPSA) is 69.8 Å². The highest BCUT2D eigenvalue weighted by Gasteiger charge is 2.30. The van der Waals surface area contributed by atoms with E-state index >= 15 is 0 Å². The van der Waals surface area contributed by atoms with Gasteiger partial charge in [-0.15, -0.1) is 0 Å². The van der Waals surface area contributed by atoms with Crippen LogP contribution in [-0.4, -0.2) is 52.6 Å². The highest BCUT2D eigenvalue weighted by Crippen LogP contribution is 2.25. The number of amides is 1. The molecule has 120 valence electrons. The largest absolute Gasteiger partial charge is 0.390 e. The fourth-order valence-corrected chi connectivity index (χ4v) is 3.56. The lowest BCUT2D eigenvalue weighted by atomic mass is 10.0. The van der Waals surface area contributed by atoms with Crippen molar-refractivity contribution in [1.82, 2.24) is 9.80 Å². The van der Waals surface area contributed by atoms with Gasteiger partial charge in [-0.3, -0.25) is 14.6 Å². The van der Waals surface area contributed by atoms with E-state index in [1.807, 2.05) is 18.2 Å². The highest BCUT2D eigenvalue weighted by molar-refractivity contribution is 6.30. The number of carbonyl (C=O) groups is 1. The van der Waals surface area contributed by atoms with Gasteiger partial charge in [-0.1, -0.05) is 17.7 Å². The standard InChI is InChI=1S/C16H22ClN3O2/c17-13-4-3-11(7-19-9-14(21)10-19)12(6-13)8-20-5-1-2-15(20)16(18)22/h3-4,6,14-15,21H,1-2,5,7-10H2,(H2,18,22)/t15-/m0/s1. The van der Waals surface area contributed by atoms with Crippen LogP contribution in [0.3, 0.4) is 0 Å². The van der Waals surface area contributed by atoms with E-state index in [1.165, 1.54) is 5.56 Å². The van der Waals surface area contributed by atoms with Crippen LogP contribution in [-0.2, 0) is 17.9 Å². The second kappa shape index (κ2) is 6.54. The minimum atomic E-state index is -0.244. The fraction of sp³-hybridized carbons (Fsp3) is 0.562. The lowest BCUT2D eigenvalue weighted by Crippen LogP contribution is -2.50. The molecule has 1 amide bonds. The number of nitrogens with zero attached hydrogens (tertiary/aromatic N) is 2. The summed E-state index contributed by atoms with van der Waals surface area (Å²) < 4.78 is 0. The number of primary amides is 1. The van der Waals surface area contributed by atoms with Crippen molar-refractivity contribution in [3.63, 3.8) is 0 Å². The van der Waals surface area contributed by atoms with Gasteiger partial charge in [-0.25, -0.2) is 0 Å². The number of carbonyl (C=O) groups excluding carboxylic acids is 1. The van der Waals surface area contributed by atoms with Gasteiger partial charge in [0.2, 0.25) is 5.91 Å². The molecule has 1 aromatic carbocycles. The van der Waals surface area contributed by atoms with Gasteiger partial charge >= 0.3 is 0 Å². The fourth-order valence-electron chi connectivity index (χ4n) is 3.36. The van der Waals surface area contributed by atoms with Gasteiger partial charge in [0, 0.05) is 31.2 Å². The third-order valence-electron chi connectivity index (χ3n) is 4.57. The van der Waals surface area contributed by atoms with Crippen molar-refractivity contribution >= 4 is 17.5 Å². The Morgan fingerprint density at radius 1 is 1.32 bits per heavy atom. The SMILES string of the molecule is NC(=O)[C@@H]1CCCN1Cc1cc(Cl)ccc1CN1CC(O)C1. The van der Waals surface area contributed by atoms with Crippen LogP contribution in [0.25, 0.3) is 0 Å². The minimum absolute atomic E-state index is 0.169. The Kier molecular flexibility index (Phi) is 4.68. The van der Waals surface area contributed by atoms with Gasteiger partial charge in [0.05, 0.1) is 12.1 Å². The number of halogens is 1. The van der Waals surface area contributed by atoms with E-state index in [-0.39, 0.29) is 18.1 Å². The molecule has 3 N–H and O–H groups in total. The van der Waals surface area contributed by atoms with E-state index in [4.69, 9.17) is 17.3 Å². The molecular formula is C16H22ClN3O2. The number of likely N-dealkylation sites (tertiary alicyclic amines) is 2. The van der Waals surface area contributed by atoms with Crippen LogP contribution in [0.2, 0.25) is 5.02 Å². The van der Waals surface area contributed by atoms with E-state index in [0.717, 1.165) is 44.6 Å². The smallest absolute Gasteiger partial charge is 0.234 e. The summed E-state index contributed by atoms with van der Waals surface area (Å²) in [7, 11) is 0. The van der Waals surface area contributed by atoms with Crippen LogP contribution < -0.4 is 5.73 Å². The predicted molar refractivity (Wildman–Crippen MR) is 85.4 cm³/mol. The van der Waals surface area contributed by atoms with Crippen molar-refractivity contribution in [2.24, 2.45) is 5.73 Å². The summed E-state index contributed by atoms with van der Waals surface area (Å²) in [4.78, 5) is 15.9. The molecule has 1 aromatic rings. The van der Waals surface area contributed by atoms with Gasteiger partial charge in [0.15, 0.2) is 0 Å².